The van der Waals surface area contributed by atoms with Crippen LogP contribution in [0.25, 0.3) is 0 Å². The fraction of sp³-hybridized carbons (Fsp3) is 0.467. The van der Waals surface area contributed by atoms with E-state index < -0.39 is 0 Å². The SMILES string of the molecule is Cc1cnc(C2CCC2)n1CCNC(=O)c1cccs1. The van der Waals surface area contributed by atoms with E-state index in [-0.39, 0.29) is 5.91 Å². The van der Waals surface area contributed by atoms with Gasteiger partial charge in [-0.15, -0.1) is 11.3 Å². The maximum atomic E-state index is 11.9. The summed E-state index contributed by atoms with van der Waals surface area (Å²) in [4.78, 5) is 17.2. The third-order valence-corrected chi connectivity index (χ3v) is 4.79. The quantitative estimate of drug-likeness (QED) is 0.920. The van der Waals surface area contributed by atoms with Crippen molar-refractivity contribution in [2.24, 2.45) is 0 Å². The zero-order valence-corrected chi connectivity index (χ0v) is 12.4. The molecule has 2 aromatic rings. The maximum absolute atomic E-state index is 11.9. The van der Waals surface area contributed by atoms with E-state index in [1.165, 1.54) is 42.1 Å². The van der Waals surface area contributed by atoms with Crippen LogP contribution >= 0.6 is 11.3 Å². The van der Waals surface area contributed by atoms with Gasteiger partial charge in [-0.05, 0) is 31.2 Å². The zero-order valence-electron chi connectivity index (χ0n) is 11.6. The predicted molar refractivity (Wildman–Crippen MR) is 80.2 cm³/mol. The molecule has 1 fully saturated rings. The second kappa shape index (κ2) is 5.79. The van der Waals surface area contributed by atoms with Gasteiger partial charge in [0, 0.05) is 30.9 Å². The smallest absolute Gasteiger partial charge is 0.261 e. The molecule has 20 heavy (non-hydrogen) atoms. The number of hydrogen-bond donors (Lipinski definition) is 1. The second-order valence-electron chi connectivity index (χ2n) is 5.27. The number of thiophene rings is 1. The van der Waals surface area contributed by atoms with Gasteiger partial charge >= 0.3 is 0 Å². The van der Waals surface area contributed by atoms with E-state index in [0.29, 0.717) is 12.5 Å². The summed E-state index contributed by atoms with van der Waals surface area (Å²) in [6, 6.07) is 3.75. The Hall–Kier alpha value is -1.62. The fourth-order valence-corrected chi connectivity index (χ4v) is 3.18. The summed E-state index contributed by atoms with van der Waals surface area (Å²) < 4.78 is 2.25. The van der Waals surface area contributed by atoms with Crippen LogP contribution in [0.1, 0.15) is 46.4 Å². The number of hydrogen-bond acceptors (Lipinski definition) is 3. The topological polar surface area (TPSA) is 46.9 Å². The summed E-state index contributed by atoms with van der Waals surface area (Å²) in [5, 5.41) is 4.90. The van der Waals surface area contributed by atoms with E-state index in [4.69, 9.17) is 0 Å². The minimum atomic E-state index is 0.0166. The molecule has 1 saturated carbocycles. The van der Waals surface area contributed by atoms with Gasteiger partial charge in [0.05, 0.1) is 4.88 Å². The standard InChI is InChI=1S/C15H19N3OS/c1-11-10-17-14(12-4-2-5-12)18(11)8-7-16-15(19)13-6-3-9-20-13/h3,6,9-10,12H,2,4-5,7-8H2,1H3,(H,16,19). The number of aromatic nitrogens is 2. The van der Waals surface area contributed by atoms with Crippen LogP contribution < -0.4 is 5.32 Å². The summed E-state index contributed by atoms with van der Waals surface area (Å²) >= 11 is 1.47. The van der Waals surface area contributed by atoms with Gasteiger partial charge in [0.15, 0.2) is 0 Å². The fourth-order valence-electron chi connectivity index (χ4n) is 2.54. The van der Waals surface area contributed by atoms with Crippen LogP contribution in [0.3, 0.4) is 0 Å². The number of rotatable bonds is 5. The minimum Gasteiger partial charge on any atom is -0.350 e. The Morgan fingerprint density at radius 1 is 1.55 bits per heavy atom. The van der Waals surface area contributed by atoms with E-state index in [1.54, 1.807) is 0 Å². The molecule has 106 valence electrons. The van der Waals surface area contributed by atoms with E-state index >= 15 is 0 Å². The summed E-state index contributed by atoms with van der Waals surface area (Å²) in [6.45, 7) is 3.53. The molecule has 0 aromatic carbocycles. The molecule has 2 aromatic heterocycles. The molecule has 4 nitrogen and oxygen atoms in total. The van der Waals surface area contributed by atoms with Gasteiger partial charge in [-0.2, -0.15) is 0 Å². The van der Waals surface area contributed by atoms with Crippen LogP contribution in [0.2, 0.25) is 0 Å². The molecule has 1 aliphatic carbocycles. The Bertz CT molecular complexity index is 584. The molecule has 3 rings (SSSR count). The first-order chi connectivity index (χ1) is 9.75. The van der Waals surface area contributed by atoms with Crippen LogP contribution in [0.15, 0.2) is 23.7 Å². The van der Waals surface area contributed by atoms with Crippen molar-refractivity contribution in [3.63, 3.8) is 0 Å². The summed E-state index contributed by atoms with van der Waals surface area (Å²) in [5.41, 5.74) is 1.18. The first kappa shape index (κ1) is 13.4. The summed E-state index contributed by atoms with van der Waals surface area (Å²) in [6.07, 6.45) is 5.75. The van der Waals surface area contributed by atoms with Crippen LogP contribution in [0, 0.1) is 6.92 Å². The van der Waals surface area contributed by atoms with E-state index in [2.05, 4.69) is 21.8 Å². The lowest BCUT2D eigenvalue weighted by Gasteiger charge is -2.26. The molecule has 1 amide bonds. The lowest BCUT2D eigenvalue weighted by molar-refractivity contribution is 0.0956. The zero-order chi connectivity index (χ0) is 13.9. The minimum absolute atomic E-state index is 0.0166. The highest BCUT2D eigenvalue weighted by Gasteiger charge is 2.24. The van der Waals surface area contributed by atoms with Crippen molar-refractivity contribution in [1.29, 1.82) is 0 Å². The van der Waals surface area contributed by atoms with E-state index in [9.17, 15) is 4.79 Å². The average molecular weight is 289 g/mol. The van der Waals surface area contributed by atoms with Crippen molar-refractivity contribution >= 4 is 17.2 Å². The van der Waals surface area contributed by atoms with Gasteiger partial charge in [-0.3, -0.25) is 4.79 Å². The molecule has 0 atom stereocenters. The lowest BCUT2D eigenvalue weighted by atomic mass is 9.85. The molecule has 0 bridgehead atoms. The number of imidazole rings is 1. The molecule has 0 unspecified atom stereocenters. The van der Waals surface area contributed by atoms with Gasteiger partial charge in [-0.1, -0.05) is 12.5 Å². The van der Waals surface area contributed by atoms with Crippen molar-refractivity contribution in [2.45, 2.75) is 38.6 Å². The van der Waals surface area contributed by atoms with Crippen molar-refractivity contribution in [3.05, 3.63) is 40.1 Å². The molecule has 2 heterocycles. The Kier molecular flexibility index (Phi) is 3.87. The third-order valence-electron chi connectivity index (χ3n) is 3.92. The monoisotopic (exact) mass is 289 g/mol. The van der Waals surface area contributed by atoms with Crippen LogP contribution in [0.4, 0.5) is 0 Å². The third kappa shape index (κ3) is 2.63. The van der Waals surface area contributed by atoms with Crippen molar-refractivity contribution in [2.75, 3.05) is 6.54 Å². The second-order valence-corrected chi connectivity index (χ2v) is 6.22. The van der Waals surface area contributed by atoms with Crippen molar-refractivity contribution < 1.29 is 4.79 Å². The molecule has 0 saturated heterocycles. The molecule has 0 spiro atoms. The number of nitrogens with one attached hydrogen (secondary N) is 1. The number of carbonyl (C=O) groups excluding carboxylic acids is 1. The number of carbonyl (C=O) groups is 1. The normalized spacial score (nSPS) is 15.1. The van der Waals surface area contributed by atoms with Crippen LogP contribution in [0.5, 0.6) is 0 Å². The van der Waals surface area contributed by atoms with Gasteiger partial charge in [0.1, 0.15) is 5.82 Å². The summed E-state index contributed by atoms with van der Waals surface area (Å²) in [5.74, 6) is 1.83. The van der Waals surface area contributed by atoms with Gasteiger partial charge in [0.25, 0.3) is 5.91 Å². The van der Waals surface area contributed by atoms with Crippen molar-refractivity contribution in [1.82, 2.24) is 14.9 Å². The van der Waals surface area contributed by atoms with Gasteiger partial charge in [0.2, 0.25) is 0 Å². The Morgan fingerprint density at radius 2 is 2.40 bits per heavy atom. The van der Waals surface area contributed by atoms with Crippen molar-refractivity contribution in [3.8, 4) is 0 Å². The number of amides is 1. The first-order valence-electron chi connectivity index (χ1n) is 7.09. The summed E-state index contributed by atoms with van der Waals surface area (Å²) in [7, 11) is 0. The van der Waals surface area contributed by atoms with E-state index in [0.717, 1.165) is 11.4 Å². The lowest BCUT2D eigenvalue weighted by Crippen LogP contribution is -2.28. The molecule has 0 radical (unpaired) electrons. The average Bonchev–Trinajstić information content (AvgIpc) is 3.00. The first-order valence-corrected chi connectivity index (χ1v) is 7.97. The van der Waals surface area contributed by atoms with Gasteiger partial charge in [-0.25, -0.2) is 4.98 Å². The Balaban J connectivity index is 1.58. The van der Waals surface area contributed by atoms with Crippen LogP contribution in [-0.4, -0.2) is 22.0 Å². The highest BCUT2D eigenvalue weighted by Crippen LogP contribution is 2.35. The Labute approximate surface area is 122 Å². The highest BCUT2D eigenvalue weighted by molar-refractivity contribution is 7.12. The molecule has 1 N–H and O–H groups in total. The molecular formula is C15H19N3OS. The Morgan fingerprint density at radius 3 is 3.05 bits per heavy atom. The number of aryl methyl sites for hydroxylation is 1. The van der Waals surface area contributed by atoms with Crippen LogP contribution in [-0.2, 0) is 6.54 Å². The predicted octanol–water partition coefficient (Wildman–Crippen LogP) is 2.95. The van der Waals surface area contributed by atoms with Gasteiger partial charge < -0.3 is 9.88 Å². The molecular weight excluding hydrogens is 270 g/mol. The number of nitrogens with zero attached hydrogens (tertiary/aromatic N) is 2. The molecule has 1 aliphatic rings. The molecule has 5 heteroatoms. The highest BCUT2D eigenvalue weighted by atomic mass is 32.1. The van der Waals surface area contributed by atoms with E-state index in [1.807, 2.05) is 23.7 Å². The molecule has 0 aliphatic heterocycles. The largest absolute Gasteiger partial charge is 0.350 e. The maximum Gasteiger partial charge on any atom is 0.261 e.